The van der Waals surface area contributed by atoms with E-state index >= 15 is 0 Å². The van der Waals surface area contributed by atoms with Gasteiger partial charge in [0.2, 0.25) is 5.91 Å². The number of amides is 1. The maximum atomic E-state index is 13.6. The van der Waals surface area contributed by atoms with Gasteiger partial charge in [0.05, 0.1) is 5.56 Å². The molecular formula is C15H21FN2O2. The molecule has 1 aromatic carbocycles. The average Bonchev–Trinajstić information content (AvgIpc) is 2.32. The number of halogens is 1. The van der Waals surface area contributed by atoms with Crippen molar-refractivity contribution in [3.05, 3.63) is 29.6 Å². The average molecular weight is 280 g/mol. The highest BCUT2D eigenvalue weighted by Gasteiger charge is 2.20. The molecule has 1 aromatic rings. The summed E-state index contributed by atoms with van der Waals surface area (Å²) in [5.74, 6) is -0.920. The molecule has 1 rings (SSSR count). The van der Waals surface area contributed by atoms with Crippen molar-refractivity contribution in [2.45, 2.75) is 27.7 Å². The Balaban J connectivity index is 2.57. The van der Waals surface area contributed by atoms with Crippen LogP contribution in [0.1, 0.15) is 38.1 Å². The molecule has 0 bridgehead atoms. The number of carbonyl (C=O) groups excluding carboxylic acids is 2. The Morgan fingerprint density at radius 2 is 1.85 bits per heavy atom. The molecule has 0 aliphatic rings. The molecule has 0 atom stereocenters. The summed E-state index contributed by atoms with van der Waals surface area (Å²) >= 11 is 0. The number of rotatable bonds is 5. The smallest absolute Gasteiger partial charge is 0.225 e. The highest BCUT2D eigenvalue weighted by Crippen LogP contribution is 2.19. The van der Waals surface area contributed by atoms with Gasteiger partial charge in [-0.1, -0.05) is 26.8 Å². The predicted molar refractivity (Wildman–Crippen MR) is 77.4 cm³/mol. The number of anilines is 1. The Bertz CT molecular complexity index is 507. The molecular weight excluding hydrogens is 259 g/mol. The Kier molecular flexibility index (Phi) is 5.25. The Morgan fingerprint density at radius 3 is 2.40 bits per heavy atom. The molecule has 0 aromatic heterocycles. The van der Waals surface area contributed by atoms with Gasteiger partial charge in [-0.15, -0.1) is 0 Å². The van der Waals surface area contributed by atoms with Crippen LogP contribution in [0.15, 0.2) is 18.2 Å². The van der Waals surface area contributed by atoms with Crippen molar-refractivity contribution in [1.29, 1.82) is 0 Å². The van der Waals surface area contributed by atoms with Gasteiger partial charge in [0.15, 0.2) is 5.78 Å². The Hall–Kier alpha value is -1.91. The number of nitrogens with one attached hydrogen (secondary N) is 2. The van der Waals surface area contributed by atoms with Crippen LogP contribution in [0, 0.1) is 11.2 Å². The summed E-state index contributed by atoms with van der Waals surface area (Å²) < 4.78 is 13.6. The Morgan fingerprint density at radius 1 is 1.20 bits per heavy atom. The largest absolute Gasteiger partial charge is 0.383 e. The first-order valence-corrected chi connectivity index (χ1v) is 6.55. The summed E-state index contributed by atoms with van der Waals surface area (Å²) in [5, 5.41) is 5.74. The van der Waals surface area contributed by atoms with Crippen molar-refractivity contribution in [2.24, 2.45) is 5.41 Å². The van der Waals surface area contributed by atoms with Crippen molar-refractivity contribution in [2.75, 3.05) is 18.4 Å². The summed E-state index contributed by atoms with van der Waals surface area (Å²) in [6.45, 7) is 7.64. The van der Waals surface area contributed by atoms with Gasteiger partial charge < -0.3 is 10.6 Å². The van der Waals surface area contributed by atoms with Crippen molar-refractivity contribution < 1.29 is 14.0 Å². The van der Waals surface area contributed by atoms with Crippen LogP contribution in [-0.4, -0.2) is 24.8 Å². The molecule has 0 spiro atoms. The summed E-state index contributed by atoms with van der Waals surface area (Å²) in [6.07, 6.45) is 0. The second-order valence-corrected chi connectivity index (χ2v) is 5.65. The molecule has 5 heteroatoms. The lowest BCUT2D eigenvalue weighted by Crippen LogP contribution is -2.37. The van der Waals surface area contributed by atoms with Gasteiger partial charge >= 0.3 is 0 Å². The third-order valence-corrected chi connectivity index (χ3v) is 2.77. The van der Waals surface area contributed by atoms with E-state index in [1.807, 2.05) is 20.8 Å². The van der Waals surface area contributed by atoms with Crippen LogP contribution in [0.25, 0.3) is 0 Å². The zero-order valence-corrected chi connectivity index (χ0v) is 12.3. The zero-order valence-electron chi connectivity index (χ0n) is 12.3. The minimum atomic E-state index is -0.541. The number of benzene rings is 1. The molecule has 0 aliphatic heterocycles. The number of Topliss-reactive ketones (excluding diaryl/α,β-unsaturated/α-hetero) is 1. The maximum absolute atomic E-state index is 13.6. The summed E-state index contributed by atoms with van der Waals surface area (Å²) in [6, 6.07) is 4.44. The van der Waals surface area contributed by atoms with Crippen molar-refractivity contribution in [3.8, 4) is 0 Å². The highest BCUT2D eigenvalue weighted by atomic mass is 19.1. The van der Waals surface area contributed by atoms with Crippen LogP contribution in [0.5, 0.6) is 0 Å². The standard InChI is InChI=1S/C15H21FN2O2/c1-10(19)13-11(16)6-5-7-12(13)17-8-9-18-14(20)15(2,3)4/h5-7,17H,8-9H2,1-4H3,(H,18,20). The zero-order chi connectivity index (χ0) is 15.3. The van der Waals surface area contributed by atoms with Crippen molar-refractivity contribution >= 4 is 17.4 Å². The van der Waals surface area contributed by atoms with Crippen LogP contribution in [0.3, 0.4) is 0 Å². The first-order chi connectivity index (χ1) is 9.23. The molecule has 0 radical (unpaired) electrons. The SMILES string of the molecule is CC(=O)c1c(F)cccc1NCCNC(=O)C(C)(C)C. The highest BCUT2D eigenvalue weighted by molar-refractivity contribution is 5.99. The van der Waals surface area contributed by atoms with E-state index in [0.29, 0.717) is 18.8 Å². The van der Waals surface area contributed by atoms with E-state index in [-0.39, 0.29) is 17.3 Å². The molecule has 110 valence electrons. The van der Waals surface area contributed by atoms with Crippen molar-refractivity contribution in [3.63, 3.8) is 0 Å². The quantitative estimate of drug-likeness (QED) is 0.644. The van der Waals surface area contributed by atoms with E-state index in [1.165, 1.54) is 19.1 Å². The molecule has 20 heavy (non-hydrogen) atoms. The number of hydrogen-bond acceptors (Lipinski definition) is 3. The second kappa shape index (κ2) is 6.50. The minimum Gasteiger partial charge on any atom is -0.383 e. The van der Waals surface area contributed by atoms with E-state index in [2.05, 4.69) is 10.6 Å². The second-order valence-electron chi connectivity index (χ2n) is 5.65. The first-order valence-electron chi connectivity index (χ1n) is 6.55. The predicted octanol–water partition coefficient (Wildman–Crippen LogP) is 2.60. The van der Waals surface area contributed by atoms with E-state index in [1.54, 1.807) is 6.07 Å². The van der Waals surface area contributed by atoms with Gasteiger partial charge in [-0.2, -0.15) is 0 Å². The fraction of sp³-hybridized carbons (Fsp3) is 0.467. The number of ketones is 1. The van der Waals surface area contributed by atoms with E-state index in [9.17, 15) is 14.0 Å². The van der Waals surface area contributed by atoms with Crippen LogP contribution in [0.4, 0.5) is 10.1 Å². The molecule has 2 N–H and O–H groups in total. The third kappa shape index (κ3) is 4.33. The fourth-order valence-electron chi connectivity index (χ4n) is 1.67. The van der Waals surface area contributed by atoms with Crippen molar-refractivity contribution in [1.82, 2.24) is 5.32 Å². The van der Waals surface area contributed by atoms with Crippen LogP contribution < -0.4 is 10.6 Å². The monoisotopic (exact) mass is 280 g/mol. The van der Waals surface area contributed by atoms with Gasteiger partial charge in [0.25, 0.3) is 0 Å². The van der Waals surface area contributed by atoms with Gasteiger partial charge in [-0.25, -0.2) is 4.39 Å². The summed E-state index contributed by atoms with van der Waals surface area (Å²) in [4.78, 5) is 23.1. The molecule has 0 heterocycles. The fourth-order valence-corrected chi connectivity index (χ4v) is 1.67. The third-order valence-electron chi connectivity index (χ3n) is 2.77. The van der Waals surface area contributed by atoms with Gasteiger partial charge in [0.1, 0.15) is 5.82 Å². The van der Waals surface area contributed by atoms with E-state index < -0.39 is 11.2 Å². The lowest BCUT2D eigenvalue weighted by Gasteiger charge is -2.18. The lowest BCUT2D eigenvalue weighted by atomic mass is 9.96. The lowest BCUT2D eigenvalue weighted by molar-refractivity contribution is -0.128. The molecule has 4 nitrogen and oxygen atoms in total. The maximum Gasteiger partial charge on any atom is 0.225 e. The van der Waals surface area contributed by atoms with E-state index in [0.717, 1.165) is 0 Å². The molecule has 0 aliphatic carbocycles. The van der Waals surface area contributed by atoms with E-state index in [4.69, 9.17) is 0 Å². The van der Waals surface area contributed by atoms with Crippen LogP contribution in [0.2, 0.25) is 0 Å². The topological polar surface area (TPSA) is 58.2 Å². The molecule has 0 unspecified atom stereocenters. The number of hydrogen-bond donors (Lipinski definition) is 2. The first kappa shape index (κ1) is 16.1. The van der Waals surface area contributed by atoms with Crippen LogP contribution >= 0.6 is 0 Å². The van der Waals surface area contributed by atoms with Gasteiger partial charge in [0, 0.05) is 24.2 Å². The molecule has 1 amide bonds. The molecule has 0 saturated carbocycles. The summed E-state index contributed by atoms with van der Waals surface area (Å²) in [5.41, 5.74) is 0.0563. The summed E-state index contributed by atoms with van der Waals surface area (Å²) in [7, 11) is 0. The van der Waals surface area contributed by atoms with Gasteiger partial charge in [-0.3, -0.25) is 9.59 Å². The number of carbonyl (C=O) groups is 2. The van der Waals surface area contributed by atoms with Crippen LogP contribution in [-0.2, 0) is 4.79 Å². The Labute approximate surface area is 118 Å². The minimum absolute atomic E-state index is 0.0506. The normalized spacial score (nSPS) is 11.1. The molecule has 0 fully saturated rings. The molecule has 0 saturated heterocycles. The van der Waals surface area contributed by atoms with Gasteiger partial charge in [-0.05, 0) is 19.1 Å².